The van der Waals surface area contributed by atoms with Crippen molar-refractivity contribution in [2.75, 3.05) is 11.9 Å². The molecule has 0 fully saturated rings. The van der Waals surface area contributed by atoms with Crippen LogP contribution in [0.3, 0.4) is 0 Å². The summed E-state index contributed by atoms with van der Waals surface area (Å²) in [5.41, 5.74) is 3.61. The highest BCUT2D eigenvalue weighted by molar-refractivity contribution is 5.93. The molecule has 4 heteroatoms. The third-order valence-corrected chi connectivity index (χ3v) is 3.92. The van der Waals surface area contributed by atoms with Gasteiger partial charge >= 0.3 is 0 Å². The SMILES string of the molecule is CCCCCNC(=O)c1cc(Nc2ccc(C(C)C)cc2)ccn1. The van der Waals surface area contributed by atoms with Gasteiger partial charge in [-0.2, -0.15) is 0 Å². The fourth-order valence-corrected chi connectivity index (χ4v) is 2.42. The standard InChI is InChI=1S/C20H27N3O/c1-4-5-6-12-22-20(24)19-14-18(11-13-21-19)23-17-9-7-16(8-10-17)15(2)3/h7-11,13-15H,4-6,12H2,1-3H3,(H,21,23)(H,22,24). The second-order valence-corrected chi connectivity index (χ2v) is 6.29. The number of hydrogen-bond acceptors (Lipinski definition) is 3. The van der Waals surface area contributed by atoms with Gasteiger partial charge in [0.1, 0.15) is 5.69 Å². The summed E-state index contributed by atoms with van der Waals surface area (Å²) < 4.78 is 0. The number of benzene rings is 1. The van der Waals surface area contributed by atoms with Gasteiger partial charge in [0.25, 0.3) is 5.91 Å². The highest BCUT2D eigenvalue weighted by atomic mass is 16.1. The minimum Gasteiger partial charge on any atom is -0.355 e. The molecule has 128 valence electrons. The number of carbonyl (C=O) groups is 1. The molecule has 0 aliphatic carbocycles. The van der Waals surface area contributed by atoms with Gasteiger partial charge in [0.2, 0.25) is 0 Å². The Morgan fingerprint density at radius 2 is 1.83 bits per heavy atom. The summed E-state index contributed by atoms with van der Waals surface area (Å²) in [4.78, 5) is 16.3. The summed E-state index contributed by atoms with van der Waals surface area (Å²) in [5, 5.41) is 6.24. The first kappa shape index (κ1) is 18.0. The lowest BCUT2D eigenvalue weighted by molar-refractivity contribution is 0.0948. The Morgan fingerprint density at radius 3 is 2.50 bits per heavy atom. The Kier molecular flexibility index (Phi) is 6.79. The van der Waals surface area contributed by atoms with E-state index >= 15 is 0 Å². The number of pyridine rings is 1. The minimum absolute atomic E-state index is 0.120. The molecule has 2 aromatic rings. The molecule has 1 heterocycles. The van der Waals surface area contributed by atoms with E-state index in [0.29, 0.717) is 18.2 Å². The summed E-state index contributed by atoms with van der Waals surface area (Å²) in [7, 11) is 0. The average Bonchev–Trinajstić information content (AvgIpc) is 2.59. The van der Waals surface area contributed by atoms with Gasteiger partial charge in [-0.05, 0) is 42.2 Å². The molecule has 1 aromatic heterocycles. The number of hydrogen-bond donors (Lipinski definition) is 2. The molecule has 0 aliphatic rings. The summed E-state index contributed by atoms with van der Waals surface area (Å²) >= 11 is 0. The predicted molar refractivity (Wildman–Crippen MR) is 99.9 cm³/mol. The molecule has 2 rings (SSSR count). The van der Waals surface area contributed by atoms with Crippen molar-refractivity contribution in [2.24, 2.45) is 0 Å². The van der Waals surface area contributed by atoms with Gasteiger partial charge in [0.15, 0.2) is 0 Å². The summed E-state index contributed by atoms with van der Waals surface area (Å²) in [5.74, 6) is 0.396. The van der Waals surface area contributed by atoms with E-state index in [-0.39, 0.29) is 5.91 Å². The molecular formula is C20H27N3O. The van der Waals surface area contributed by atoms with Crippen LogP contribution in [0.2, 0.25) is 0 Å². The molecule has 0 spiro atoms. The zero-order chi connectivity index (χ0) is 17.4. The van der Waals surface area contributed by atoms with E-state index in [2.05, 4.69) is 60.7 Å². The summed E-state index contributed by atoms with van der Waals surface area (Å²) in [6.07, 6.45) is 4.93. The fourth-order valence-electron chi connectivity index (χ4n) is 2.42. The molecule has 0 atom stereocenters. The Labute approximate surface area is 144 Å². The normalized spacial score (nSPS) is 10.7. The van der Waals surface area contributed by atoms with Crippen molar-refractivity contribution >= 4 is 17.3 Å². The van der Waals surface area contributed by atoms with Gasteiger partial charge in [-0.3, -0.25) is 9.78 Å². The molecule has 0 bridgehead atoms. The van der Waals surface area contributed by atoms with E-state index in [0.717, 1.165) is 30.6 Å². The van der Waals surface area contributed by atoms with Crippen molar-refractivity contribution in [2.45, 2.75) is 46.0 Å². The number of rotatable bonds is 8. The lowest BCUT2D eigenvalue weighted by Crippen LogP contribution is -2.25. The second kappa shape index (κ2) is 9.06. The second-order valence-electron chi connectivity index (χ2n) is 6.29. The van der Waals surface area contributed by atoms with E-state index < -0.39 is 0 Å². The van der Waals surface area contributed by atoms with E-state index in [1.807, 2.05) is 6.07 Å². The topological polar surface area (TPSA) is 54.0 Å². The van der Waals surface area contributed by atoms with E-state index in [1.54, 1.807) is 12.3 Å². The van der Waals surface area contributed by atoms with Crippen LogP contribution < -0.4 is 10.6 Å². The zero-order valence-corrected chi connectivity index (χ0v) is 14.8. The molecule has 2 N–H and O–H groups in total. The number of amides is 1. The van der Waals surface area contributed by atoms with E-state index in [9.17, 15) is 4.79 Å². The van der Waals surface area contributed by atoms with Crippen LogP contribution in [0.15, 0.2) is 42.6 Å². The van der Waals surface area contributed by atoms with Crippen molar-refractivity contribution in [3.8, 4) is 0 Å². The lowest BCUT2D eigenvalue weighted by atomic mass is 10.0. The molecule has 1 amide bonds. The van der Waals surface area contributed by atoms with Crippen LogP contribution in [0.5, 0.6) is 0 Å². The van der Waals surface area contributed by atoms with Crippen LogP contribution in [0.1, 0.15) is 62.0 Å². The summed E-state index contributed by atoms with van der Waals surface area (Å²) in [6.45, 7) is 7.20. The molecule has 0 saturated heterocycles. The molecule has 0 radical (unpaired) electrons. The largest absolute Gasteiger partial charge is 0.355 e. The highest BCUT2D eigenvalue weighted by Gasteiger charge is 2.07. The minimum atomic E-state index is -0.120. The Balaban J connectivity index is 1.98. The highest BCUT2D eigenvalue weighted by Crippen LogP contribution is 2.20. The maximum absolute atomic E-state index is 12.1. The summed E-state index contributed by atoms with van der Waals surface area (Å²) in [6, 6.07) is 12.0. The van der Waals surface area contributed by atoms with Gasteiger partial charge in [-0.25, -0.2) is 0 Å². The van der Waals surface area contributed by atoms with Crippen molar-refractivity contribution in [1.82, 2.24) is 10.3 Å². The van der Waals surface area contributed by atoms with Gasteiger partial charge in [0, 0.05) is 24.1 Å². The Bertz CT molecular complexity index is 650. The lowest BCUT2D eigenvalue weighted by Gasteiger charge is -2.10. The number of anilines is 2. The van der Waals surface area contributed by atoms with Gasteiger partial charge in [0.05, 0.1) is 0 Å². The van der Waals surface area contributed by atoms with Crippen LogP contribution in [0.25, 0.3) is 0 Å². The molecule has 0 aliphatic heterocycles. The van der Waals surface area contributed by atoms with Gasteiger partial charge in [-0.15, -0.1) is 0 Å². The number of nitrogens with one attached hydrogen (secondary N) is 2. The van der Waals surface area contributed by atoms with Crippen LogP contribution in [-0.4, -0.2) is 17.4 Å². The maximum Gasteiger partial charge on any atom is 0.269 e. The van der Waals surface area contributed by atoms with Crippen molar-refractivity contribution in [3.05, 3.63) is 53.9 Å². The van der Waals surface area contributed by atoms with Crippen molar-refractivity contribution < 1.29 is 4.79 Å². The monoisotopic (exact) mass is 325 g/mol. The zero-order valence-electron chi connectivity index (χ0n) is 14.8. The number of nitrogens with zero attached hydrogens (tertiary/aromatic N) is 1. The van der Waals surface area contributed by atoms with Crippen LogP contribution in [0, 0.1) is 0 Å². The van der Waals surface area contributed by atoms with Crippen LogP contribution >= 0.6 is 0 Å². The molecule has 0 unspecified atom stereocenters. The molecule has 1 aromatic carbocycles. The fraction of sp³-hybridized carbons (Fsp3) is 0.400. The smallest absolute Gasteiger partial charge is 0.269 e. The van der Waals surface area contributed by atoms with Gasteiger partial charge < -0.3 is 10.6 Å². The third kappa shape index (κ3) is 5.37. The molecule has 24 heavy (non-hydrogen) atoms. The van der Waals surface area contributed by atoms with Crippen LogP contribution in [-0.2, 0) is 0 Å². The first-order valence-corrected chi connectivity index (χ1v) is 8.71. The van der Waals surface area contributed by atoms with E-state index in [4.69, 9.17) is 0 Å². The van der Waals surface area contributed by atoms with Crippen LogP contribution in [0.4, 0.5) is 11.4 Å². The Morgan fingerprint density at radius 1 is 1.08 bits per heavy atom. The van der Waals surface area contributed by atoms with E-state index in [1.165, 1.54) is 5.56 Å². The van der Waals surface area contributed by atoms with Crippen molar-refractivity contribution in [1.29, 1.82) is 0 Å². The number of unbranched alkanes of at least 4 members (excludes halogenated alkanes) is 2. The average molecular weight is 325 g/mol. The van der Waals surface area contributed by atoms with Gasteiger partial charge in [-0.1, -0.05) is 45.7 Å². The predicted octanol–water partition coefficient (Wildman–Crippen LogP) is 4.87. The first-order valence-electron chi connectivity index (χ1n) is 8.71. The first-order chi connectivity index (χ1) is 11.6. The molecule has 4 nitrogen and oxygen atoms in total. The number of carbonyl (C=O) groups excluding carboxylic acids is 1. The molecule has 0 saturated carbocycles. The maximum atomic E-state index is 12.1. The quantitative estimate of drug-likeness (QED) is 0.681. The molecular weight excluding hydrogens is 298 g/mol. The van der Waals surface area contributed by atoms with Crippen molar-refractivity contribution in [3.63, 3.8) is 0 Å². The number of aromatic nitrogens is 1. The third-order valence-electron chi connectivity index (χ3n) is 3.92. The Hall–Kier alpha value is -2.36.